The fourth-order valence-electron chi connectivity index (χ4n) is 3.11. The summed E-state index contributed by atoms with van der Waals surface area (Å²) in [4.78, 5) is 26.3. The molecule has 1 aliphatic rings. The number of hydrogen-bond donors (Lipinski definition) is 2. The Kier molecular flexibility index (Phi) is 6.19. The summed E-state index contributed by atoms with van der Waals surface area (Å²) in [6, 6.07) is 15.0. The second-order valence-corrected chi connectivity index (χ2v) is 9.21. The van der Waals surface area contributed by atoms with E-state index in [-0.39, 0.29) is 16.7 Å². The molecule has 3 amide bonds. The highest BCUT2D eigenvalue weighted by Gasteiger charge is 2.30. The van der Waals surface area contributed by atoms with Gasteiger partial charge in [0.15, 0.2) is 0 Å². The van der Waals surface area contributed by atoms with Crippen LogP contribution in [0, 0.1) is 5.92 Å². The van der Waals surface area contributed by atoms with Crippen LogP contribution in [-0.4, -0.2) is 51.8 Å². The Morgan fingerprint density at radius 3 is 2.38 bits per heavy atom. The Balaban J connectivity index is 1.51. The number of anilines is 2. The van der Waals surface area contributed by atoms with Crippen LogP contribution in [0.25, 0.3) is 0 Å². The summed E-state index contributed by atoms with van der Waals surface area (Å²) in [6.07, 6.45) is 0.381. The van der Waals surface area contributed by atoms with E-state index in [0.717, 1.165) is 9.99 Å². The van der Waals surface area contributed by atoms with Gasteiger partial charge in [-0.15, -0.1) is 0 Å². The SMILES string of the molecule is CN(C)S(=O)(=O)c1ccc(NC(=O)NCC2CC(=O)N(c3ccccc3)C2)cc1. The Hall–Kier alpha value is -2.91. The molecule has 1 fully saturated rings. The number of sulfonamides is 1. The summed E-state index contributed by atoms with van der Waals surface area (Å²) >= 11 is 0. The van der Waals surface area contributed by atoms with Crippen LogP contribution in [0.5, 0.6) is 0 Å². The van der Waals surface area contributed by atoms with Gasteiger partial charge in [-0.1, -0.05) is 18.2 Å². The van der Waals surface area contributed by atoms with Gasteiger partial charge in [-0.3, -0.25) is 4.79 Å². The highest BCUT2D eigenvalue weighted by atomic mass is 32.2. The number of rotatable bonds is 6. The molecule has 8 nitrogen and oxygen atoms in total. The standard InChI is InChI=1S/C20H24N4O4S/c1-23(2)29(27,28)18-10-8-16(9-11-18)22-20(26)21-13-15-12-19(25)24(14-15)17-6-4-3-5-7-17/h3-11,15H,12-14H2,1-2H3,(H2,21,22,26). The molecule has 9 heteroatoms. The van der Waals surface area contributed by atoms with Gasteiger partial charge in [0, 0.05) is 50.9 Å². The van der Waals surface area contributed by atoms with Crippen molar-refractivity contribution in [3.8, 4) is 0 Å². The molecule has 1 saturated heterocycles. The predicted octanol–water partition coefficient (Wildman–Crippen LogP) is 2.11. The number of urea groups is 1. The van der Waals surface area contributed by atoms with Crippen molar-refractivity contribution in [3.05, 3.63) is 54.6 Å². The van der Waals surface area contributed by atoms with E-state index in [1.165, 1.54) is 38.4 Å². The van der Waals surface area contributed by atoms with Crippen molar-refractivity contribution in [2.75, 3.05) is 37.4 Å². The molecule has 1 aliphatic heterocycles. The summed E-state index contributed by atoms with van der Waals surface area (Å²) in [5.41, 5.74) is 1.34. The smallest absolute Gasteiger partial charge is 0.319 e. The van der Waals surface area contributed by atoms with E-state index in [9.17, 15) is 18.0 Å². The number of benzene rings is 2. The normalized spacial score (nSPS) is 16.9. The molecule has 0 radical (unpaired) electrons. The van der Waals surface area contributed by atoms with Gasteiger partial charge in [0.25, 0.3) is 0 Å². The lowest BCUT2D eigenvalue weighted by atomic mass is 10.1. The van der Waals surface area contributed by atoms with Gasteiger partial charge in [0.1, 0.15) is 0 Å². The van der Waals surface area contributed by atoms with Crippen molar-refractivity contribution < 1.29 is 18.0 Å². The lowest BCUT2D eigenvalue weighted by molar-refractivity contribution is -0.117. The molecule has 0 bridgehead atoms. The van der Waals surface area contributed by atoms with Crippen LogP contribution in [0.1, 0.15) is 6.42 Å². The summed E-state index contributed by atoms with van der Waals surface area (Å²) in [7, 11) is -0.589. The number of nitrogens with one attached hydrogen (secondary N) is 2. The lowest BCUT2D eigenvalue weighted by Gasteiger charge is -2.17. The number of carbonyl (C=O) groups excluding carboxylic acids is 2. The summed E-state index contributed by atoms with van der Waals surface area (Å²) < 4.78 is 25.3. The number of amides is 3. The van der Waals surface area contributed by atoms with Gasteiger partial charge in [-0.05, 0) is 36.4 Å². The summed E-state index contributed by atoms with van der Waals surface area (Å²) in [5, 5.41) is 5.44. The van der Waals surface area contributed by atoms with Crippen LogP contribution < -0.4 is 15.5 Å². The van der Waals surface area contributed by atoms with E-state index in [0.29, 0.717) is 25.2 Å². The molecule has 1 atom stereocenters. The van der Waals surface area contributed by atoms with Crippen LogP contribution in [-0.2, 0) is 14.8 Å². The van der Waals surface area contributed by atoms with Crippen molar-refractivity contribution in [2.45, 2.75) is 11.3 Å². The molecule has 0 aliphatic carbocycles. The molecular formula is C20H24N4O4S. The molecule has 2 aromatic carbocycles. The number of hydrogen-bond acceptors (Lipinski definition) is 4. The van der Waals surface area contributed by atoms with E-state index in [4.69, 9.17) is 0 Å². The van der Waals surface area contributed by atoms with Crippen molar-refractivity contribution in [1.82, 2.24) is 9.62 Å². The Bertz CT molecular complexity index is 975. The third kappa shape index (κ3) is 4.93. The minimum atomic E-state index is -3.51. The van der Waals surface area contributed by atoms with Crippen molar-refractivity contribution in [3.63, 3.8) is 0 Å². The molecule has 1 heterocycles. The Morgan fingerprint density at radius 2 is 1.76 bits per heavy atom. The molecule has 0 saturated carbocycles. The zero-order chi connectivity index (χ0) is 21.0. The largest absolute Gasteiger partial charge is 0.338 e. The number of para-hydroxylation sites is 1. The fourth-order valence-corrected chi connectivity index (χ4v) is 4.01. The van der Waals surface area contributed by atoms with Crippen molar-refractivity contribution in [2.24, 2.45) is 5.92 Å². The molecule has 1 unspecified atom stereocenters. The van der Waals surface area contributed by atoms with Crippen LogP contribution in [0.2, 0.25) is 0 Å². The highest BCUT2D eigenvalue weighted by Crippen LogP contribution is 2.24. The van der Waals surface area contributed by atoms with Gasteiger partial charge < -0.3 is 15.5 Å². The minimum absolute atomic E-state index is 0.0288. The number of carbonyl (C=O) groups is 2. The maximum absolute atomic E-state index is 12.2. The van der Waals surface area contributed by atoms with Gasteiger partial charge >= 0.3 is 6.03 Å². The van der Waals surface area contributed by atoms with E-state index in [1.54, 1.807) is 4.90 Å². The summed E-state index contributed by atoms with van der Waals surface area (Å²) in [5.74, 6) is 0.0714. The maximum Gasteiger partial charge on any atom is 0.319 e. The molecular weight excluding hydrogens is 392 g/mol. The van der Waals surface area contributed by atoms with Crippen LogP contribution in [0.15, 0.2) is 59.5 Å². The topological polar surface area (TPSA) is 98.8 Å². The van der Waals surface area contributed by atoms with Gasteiger partial charge in [-0.25, -0.2) is 17.5 Å². The molecule has 3 rings (SSSR count). The summed E-state index contributed by atoms with van der Waals surface area (Å²) in [6.45, 7) is 0.925. The monoisotopic (exact) mass is 416 g/mol. The molecule has 154 valence electrons. The molecule has 2 aromatic rings. The van der Waals surface area contributed by atoms with Crippen molar-refractivity contribution >= 4 is 33.3 Å². The maximum atomic E-state index is 12.2. The van der Waals surface area contributed by atoms with Crippen molar-refractivity contribution in [1.29, 1.82) is 0 Å². The van der Waals surface area contributed by atoms with Gasteiger partial charge in [-0.2, -0.15) is 0 Å². The van der Waals surface area contributed by atoms with E-state index < -0.39 is 16.1 Å². The predicted molar refractivity (Wildman–Crippen MR) is 111 cm³/mol. The lowest BCUT2D eigenvalue weighted by Crippen LogP contribution is -2.34. The van der Waals surface area contributed by atoms with Gasteiger partial charge in [0.2, 0.25) is 15.9 Å². The molecule has 0 spiro atoms. The zero-order valence-corrected chi connectivity index (χ0v) is 17.1. The van der Waals surface area contributed by atoms with Crippen LogP contribution in [0.4, 0.5) is 16.2 Å². The third-order valence-corrected chi connectivity index (χ3v) is 6.54. The molecule has 29 heavy (non-hydrogen) atoms. The van der Waals surface area contributed by atoms with E-state index in [2.05, 4.69) is 10.6 Å². The Morgan fingerprint density at radius 1 is 1.10 bits per heavy atom. The first-order valence-electron chi connectivity index (χ1n) is 9.20. The first-order chi connectivity index (χ1) is 13.8. The number of nitrogens with zero attached hydrogens (tertiary/aromatic N) is 2. The fraction of sp³-hybridized carbons (Fsp3) is 0.300. The molecule has 0 aromatic heterocycles. The van der Waals surface area contributed by atoms with E-state index >= 15 is 0 Å². The first-order valence-corrected chi connectivity index (χ1v) is 10.6. The Labute approximate surface area is 170 Å². The minimum Gasteiger partial charge on any atom is -0.338 e. The van der Waals surface area contributed by atoms with Crippen LogP contribution in [0.3, 0.4) is 0 Å². The highest BCUT2D eigenvalue weighted by molar-refractivity contribution is 7.89. The second-order valence-electron chi connectivity index (χ2n) is 7.06. The average Bonchev–Trinajstić information content (AvgIpc) is 3.08. The van der Waals surface area contributed by atoms with E-state index in [1.807, 2.05) is 30.3 Å². The third-order valence-electron chi connectivity index (χ3n) is 4.72. The van der Waals surface area contributed by atoms with Crippen LogP contribution >= 0.6 is 0 Å². The second kappa shape index (κ2) is 8.62. The zero-order valence-electron chi connectivity index (χ0n) is 16.3. The van der Waals surface area contributed by atoms with Gasteiger partial charge in [0.05, 0.1) is 4.90 Å². The average molecular weight is 417 g/mol. The molecule has 2 N–H and O–H groups in total. The first kappa shape index (κ1) is 20.8. The quantitative estimate of drug-likeness (QED) is 0.753.